The summed E-state index contributed by atoms with van der Waals surface area (Å²) < 4.78 is 33.4. The predicted octanol–water partition coefficient (Wildman–Crippen LogP) is 1.57. The Morgan fingerprint density at radius 2 is 1.64 bits per heavy atom. The molecule has 5 heteroatoms. The number of hydrogen-bond acceptors (Lipinski definition) is 3. The van der Waals surface area contributed by atoms with E-state index in [4.69, 9.17) is 0 Å². The van der Waals surface area contributed by atoms with Crippen LogP contribution < -0.4 is 0 Å². The summed E-state index contributed by atoms with van der Waals surface area (Å²) in [6.07, 6.45) is 0. The van der Waals surface area contributed by atoms with Crippen LogP contribution >= 0.6 is 0 Å². The van der Waals surface area contributed by atoms with Gasteiger partial charge in [-0.1, -0.05) is 12.1 Å². The highest BCUT2D eigenvalue weighted by Gasteiger charge is 2.17. The van der Waals surface area contributed by atoms with Gasteiger partial charge in [0.2, 0.25) is 0 Å². The second kappa shape index (κ2) is 3.33. The van der Waals surface area contributed by atoms with Crippen molar-refractivity contribution in [1.29, 1.82) is 0 Å². The molecule has 0 heterocycles. The first kappa shape index (κ1) is 11.1. The fourth-order valence-electron chi connectivity index (χ4n) is 1.03. The number of benzene rings is 1. The molecule has 1 rings (SSSR count). The lowest BCUT2D eigenvalue weighted by Gasteiger charge is -2.17. The van der Waals surface area contributed by atoms with Gasteiger partial charge in [-0.05, 0) is 31.5 Å². The van der Waals surface area contributed by atoms with Crippen LogP contribution in [0.4, 0.5) is 3.89 Å². The molecule has 0 aliphatic rings. The third-order valence-corrected chi connectivity index (χ3v) is 2.68. The number of hydrogen-bond donors (Lipinski definition) is 1. The van der Waals surface area contributed by atoms with E-state index in [1.165, 1.54) is 12.1 Å². The second-order valence-corrected chi connectivity index (χ2v) is 4.87. The third-order valence-electron chi connectivity index (χ3n) is 1.84. The topological polar surface area (TPSA) is 54.4 Å². The van der Waals surface area contributed by atoms with Gasteiger partial charge in [-0.3, -0.25) is 0 Å². The molecule has 0 atom stereocenters. The molecule has 0 unspecified atom stereocenters. The molecule has 0 aliphatic heterocycles. The Bertz CT molecular complexity index is 414. The third kappa shape index (κ3) is 2.52. The Labute approximate surface area is 82.4 Å². The lowest BCUT2D eigenvalue weighted by molar-refractivity contribution is 0.0785. The fourth-order valence-corrected chi connectivity index (χ4v) is 1.49. The molecule has 0 radical (unpaired) electrons. The maximum absolute atomic E-state index is 12.5. The molecule has 1 aromatic rings. The molecule has 1 N–H and O–H groups in total. The van der Waals surface area contributed by atoms with E-state index in [0.717, 1.165) is 12.1 Å². The minimum absolute atomic E-state index is 0.398. The largest absolute Gasteiger partial charge is 0.386 e. The van der Waals surface area contributed by atoms with Gasteiger partial charge in [-0.15, -0.1) is 3.89 Å². The SMILES string of the molecule is CC(C)(O)c1ccc(S(=O)(=O)F)cc1. The zero-order valence-corrected chi connectivity index (χ0v) is 8.68. The van der Waals surface area contributed by atoms with Crippen LogP contribution in [0.1, 0.15) is 19.4 Å². The van der Waals surface area contributed by atoms with Crippen molar-refractivity contribution >= 4 is 10.2 Å². The Morgan fingerprint density at radius 3 is 1.93 bits per heavy atom. The lowest BCUT2D eigenvalue weighted by Crippen LogP contribution is -2.15. The van der Waals surface area contributed by atoms with Crippen LogP contribution in [0.3, 0.4) is 0 Å². The van der Waals surface area contributed by atoms with Crippen LogP contribution in [-0.2, 0) is 15.8 Å². The zero-order valence-electron chi connectivity index (χ0n) is 7.86. The molecule has 0 spiro atoms. The van der Waals surface area contributed by atoms with Crippen molar-refractivity contribution in [2.75, 3.05) is 0 Å². The van der Waals surface area contributed by atoms with Gasteiger partial charge in [0.05, 0.1) is 10.5 Å². The van der Waals surface area contributed by atoms with Crippen LogP contribution in [0, 0.1) is 0 Å². The minimum Gasteiger partial charge on any atom is -0.386 e. The average Bonchev–Trinajstić information content (AvgIpc) is 2.01. The summed E-state index contributed by atoms with van der Waals surface area (Å²) in [5, 5.41) is 9.54. The molecule has 0 saturated heterocycles. The van der Waals surface area contributed by atoms with Gasteiger partial charge in [0.25, 0.3) is 0 Å². The van der Waals surface area contributed by atoms with Crippen LogP contribution in [0.5, 0.6) is 0 Å². The summed E-state index contributed by atoms with van der Waals surface area (Å²) >= 11 is 0. The Hall–Kier alpha value is -0.940. The molecular weight excluding hydrogens is 207 g/mol. The summed E-state index contributed by atoms with van der Waals surface area (Å²) in [5.41, 5.74) is -0.525. The molecule has 0 bridgehead atoms. The highest BCUT2D eigenvalue weighted by Crippen LogP contribution is 2.21. The van der Waals surface area contributed by atoms with Crippen LogP contribution in [0.2, 0.25) is 0 Å². The van der Waals surface area contributed by atoms with E-state index in [2.05, 4.69) is 0 Å². The first-order chi connectivity index (χ1) is 6.21. The number of aliphatic hydroxyl groups is 1. The van der Waals surface area contributed by atoms with Gasteiger partial charge in [0, 0.05) is 0 Å². The molecular formula is C9H11FO3S. The second-order valence-electron chi connectivity index (χ2n) is 3.52. The van der Waals surface area contributed by atoms with Crippen molar-refractivity contribution in [3.8, 4) is 0 Å². The van der Waals surface area contributed by atoms with Gasteiger partial charge < -0.3 is 5.11 Å². The van der Waals surface area contributed by atoms with Gasteiger partial charge in [-0.25, -0.2) is 0 Å². The first-order valence-electron chi connectivity index (χ1n) is 3.99. The molecule has 78 valence electrons. The summed E-state index contributed by atoms with van der Waals surface area (Å²) in [6, 6.07) is 5.02. The van der Waals surface area contributed by atoms with Crippen molar-refractivity contribution in [3.63, 3.8) is 0 Å². The Kier molecular flexibility index (Phi) is 2.65. The molecule has 0 aliphatic carbocycles. The first-order valence-corrected chi connectivity index (χ1v) is 5.37. The zero-order chi connectivity index (χ0) is 11.0. The van der Waals surface area contributed by atoms with Crippen molar-refractivity contribution in [2.24, 2.45) is 0 Å². The molecule has 0 amide bonds. The van der Waals surface area contributed by atoms with Crippen LogP contribution in [0.15, 0.2) is 29.2 Å². The maximum Gasteiger partial charge on any atom is 0.332 e. The summed E-state index contributed by atoms with van der Waals surface area (Å²) in [4.78, 5) is -0.398. The standard InChI is InChI=1S/C9H11FO3S/c1-9(2,11)7-3-5-8(6-4-7)14(10,12)13/h3-6,11H,1-2H3. The Morgan fingerprint density at radius 1 is 1.21 bits per heavy atom. The van der Waals surface area contributed by atoms with E-state index < -0.39 is 20.7 Å². The van der Waals surface area contributed by atoms with E-state index in [-0.39, 0.29) is 0 Å². The molecule has 3 nitrogen and oxygen atoms in total. The van der Waals surface area contributed by atoms with Crippen molar-refractivity contribution < 1.29 is 17.4 Å². The summed E-state index contributed by atoms with van der Waals surface area (Å²) in [7, 11) is -4.65. The van der Waals surface area contributed by atoms with Gasteiger partial charge >= 0.3 is 10.2 Å². The molecule has 1 aromatic carbocycles. The van der Waals surface area contributed by atoms with E-state index in [1.54, 1.807) is 13.8 Å². The van der Waals surface area contributed by atoms with Crippen LogP contribution in [-0.4, -0.2) is 13.5 Å². The lowest BCUT2D eigenvalue weighted by atomic mass is 9.99. The Balaban J connectivity index is 3.14. The quantitative estimate of drug-likeness (QED) is 0.766. The van der Waals surface area contributed by atoms with Crippen molar-refractivity contribution in [3.05, 3.63) is 29.8 Å². The average molecular weight is 218 g/mol. The van der Waals surface area contributed by atoms with Gasteiger partial charge in [0.15, 0.2) is 0 Å². The van der Waals surface area contributed by atoms with Gasteiger partial charge in [-0.2, -0.15) is 8.42 Å². The summed E-state index contributed by atoms with van der Waals surface area (Å²) in [5.74, 6) is 0. The normalized spacial score (nSPS) is 12.9. The van der Waals surface area contributed by atoms with E-state index in [0.29, 0.717) is 5.56 Å². The van der Waals surface area contributed by atoms with Gasteiger partial charge in [0.1, 0.15) is 0 Å². The minimum atomic E-state index is -4.65. The molecule has 0 aromatic heterocycles. The fraction of sp³-hybridized carbons (Fsp3) is 0.333. The monoisotopic (exact) mass is 218 g/mol. The van der Waals surface area contributed by atoms with Crippen molar-refractivity contribution in [2.45, 2.75) is 24.3 Å². The summed E-state index contributed by atoms with van der Waals surface area (Å²) in [6.45, 7) is 3.12. The van der Waals surface area contributed by atoms with E-state index in [9.17, 15) is 17.4 Å². The highest BCUT2D eigenvalue weighted by atomic mass is 32.3. The highest BCUT2D eigenvalue weighted by molar-refractivity contribution is 7.86. The molecule has 0 saturated carbocycles. The number of halogens is 1. The van der Waals surface area contributed by atoms with Crippen molar-refractivity contribution in [1.82, 2.24) is 0 Å². The molecule has 14 heavy (non-hydrogen) atoms. The maximum atomic E-state index is 12.5. The smallest absolute Gasteiger partial charge is 0.332 e. The molecule has 0 fully saturated rings. The van der Waals surface area contributed by atoms with E-state index in [1.807, 2.05) is 0 Å². The van der Waals surface area contributed by atoms with Crippen LogP contribution in [0.25, 0.3) is 0 Å². The predicted molar refractivity (Wildman–Crippen MR) is 50.0 cm³/mol. The van der Waals surface area contributed by atoms with E-state index >= 15 is 0 Å². The number of rotatable bonds is 2.